The summed E-state index contributed by atoms with van der Waals surface area (Å²) in [5, 5.41) is 6.29. The fourth-order valence-electron chi connectivity index (χ4n) is 1.95. The van der Waals surface area contributed by atoms with Crippen LogP contribution in [0.15, 0.2) is 24.3 Å². The maximum atomic E-state index is 11.5. The van der Waals surface area contributed by atoms with Crippen molar-refractivity contribution in [3.8, 4) is 0 Å². The Labute approximate surface area is 108 Å². The van der Waals surface area contributed by atoms with Crippen LogP contribution in [0.5, 0.6) is 0 Å². The van der Waals surface area contributed by atoms with Crippen LogP contribution < -0.4 is 16.4 Å². The molecule has 4 N–H and O–H groups in total. The summed E-state index contributed by atoms with van der Waals surface area (Å²) in [6, 6.07) is 8.66. The standard InChI is InChI=1S/C14H21N3O/c1-9(2)14(18)17-12-5-3-11(4-6-12)16-13-7-10(15)8-13/h3-6,9-10,13,16H,7-8,15H2,1-2H3,(H,17,18). The average Bonchev–Trinajstić information content (AvgIpc) is 2.29. The van der Waals surface area contributed by atoms with E-state index in [0.717, 1.165) is 24.2 Å². The minimum atomic E-state index is -0.000680. The summed E-state index contributed by atoms with van der Waals surface area (Å²) < 4.78 is 0. The van der Waals surface area contributed by atoms with Crippen molar-refractivity contribution in [3.05, 3.63) is 24.3 Å². The largest absolute Gasteiger partial charge is 0.382 e. The molecule has 0 aromatic heterocycles. The summed E-state index contributed by atoms with van der Waals surface area (Å²) in [4.78, 5) is 11.5. The van der Waals surface area contributed by atoms with Gasteiger partial charge >= 0.3 is 0 Å². The Hall–Kier alpha value is -1.55. The number of carbonyl (C=O) groups excluding carboxylic acids is 1. The van der Waals surface area contributed by atoms with Crippen LogP contribution in [0.3, 0.4) is 0 Å². The fraction of sp³-hybridized carbons (Fsp3) is 0.500. The molecule has 0 radical (unpaired) electrons. The summed E-state index contributed by atoms with van der Waals surface area (Å²) in [6.45, 7) is 3.76. The van der Waals surface area contributed by atoms with E-state index in [9.17, 15) is 4.79 Å². The predicted molar refractivity (Wildman–Crippen MR) is 74.5 cm³/mol. The summed E-state index contributed by atoms with van der Waals surface area (Å²) in [7, 11) is 0. The molecule has 4 heteroatoms. The lowest BCUT2D eigenvalue weighted by molar-refractivity contribution is -0.118. The van der Waals surface area contributed by atoms with Gasteiger partial charge in [0.25, 0.3) is 0 Å². The van der Waals surface area contributed by atoms with Crippen molar-refractivity contribution in [3.63, 3.8) is 0 Å². The Morgan fingerprint density at radius 1 is 1.22 bits per heavy atom. The second kappa shape index (κ2) is 5.40. The molecule has 1 amide bonds. The van der Waals surface area contributed by atoms with Gasteiger partial charge in [-0.1, -0.05) is 13.8 Å². The number of nitrogens with one attached hydrogen (secondary N) is 2. The van der Waals surface area contributed by atoms with E-state index in [0.29, 0.717) is 12.1 Å². The van der Waals surface area contributed by atoms with Crippen molar-refractivity contribution in [2.45, 2.75) is 38.8 Å². The monoisotopic (exact) mass is 247 g/mol. The molecule has 0 spiro atoms. The van der Waals surface area contributed by atoms with Crippen molar-refractivity contribution >= 4 is 17.3 Å². The molecule has 0 bridgehead atoms. The minimum absolute atomic E-state index is 0.000680. The Morgan fingerprint density at radius 3 is 2.28 bits per heavy atom. The topological polar surface area (TPSA) is 67.2 Å². The number of rotatable bonds is 4. The van der Waals surface area contributed by atoms with Gasteiger partial charge in [0.05, 0.1) is 0 Å². The van der Waals surface area contributed by atoms with E-state index >= 15 is 0 Å². The highest BCUT2D eigenvalue weighted by atomic mass is 16.1. The Morgan fingerprint density at radius 2 is 1.78 bits per heavy atom. The molecular weight excluding hydrogens is 226 g/mol. The van der Waals surface area contributed by atoms with E-state index in [-0.39, 0.29) is 11.8 Å². The molecule has 1 aromatic carbocycles. The van der Waals surface area contributed by atoms with Gasteiger partial charge in [-0.2, -0.15) is 0 Å². The normalized spacial score (nSPS) is 22.4. The summed E-state index contributed by atoms with van der Waals surface area (Å²) in [6.07, 6.45) is 2.07. The fourth-order valence-corrected chi connectivity index (χ4v) is 1.95. The first kappa shape index (κ1) is 12.9. The van der Waals surface area contributed by atoms with Crippen LogP contribution >= 0.6 is 0 Å². The number of carbonyl (C=O) groups is 1. The van der Waals surface area contributed by atoms with E-state index in [1.54, 1.807) is 0 Å². The molecular formula is C14H21N3O. The SMILES string of the molecule is CC(C)C(=O)Nc1ccc(NC2CC(N)C2)cc1. The zero-order valence-corrected chi connectivity index (χ0v) is 10.9. The van der Waals surface area contributed by atoms with Gasteiger partial charge in [0, 0.05) is 29.4 Å². The Kier molecular flexibility index (Phi) is 3.87. The van der Waals surface area contributed by atoms with Crippen LogP contribution in [0.25, 0.3) is 0 Å². The third-order valence-electron chi connectivity index (χ3n) is 3.22. The molecule has 2 rings (SSSR count). The maximum Gasteiger partial charge on any atom is 0.226 e. The van der Waals surface area contributed by atoms with Gasteiger partial charge in [-0.3, -0.25) is 4.79 Å². The van der Waals surface area contributed by atoms with Gasteiger partial charge in [0.1, 0.15) is 0 Å². The average molecular weight is 247 g/mol. The smallest absolute Gasteiger partial charge is 0.226 e. The first-order valence-electron chi connectivity index (χ1n) is 6.47. The van der Waals surface area contributed by atoms with Crippen molar-refractivity contribution in [2.75, 3.05) is 10.6 Å². The van der Waals surface area contributed by atoms with Crippen LogP contribution in [0, 0.1) is 5.92 Å². The molecule has 1 aliphatic rings. The molecule has 1 fully saturated rings. The Bertz CT molecular complexity index is 408. The third kappa shape index (κ3) is 3.23. The number of nitrogens with two attached hydrogens (primary N) is 1. The number of benzene rings is 1. The molecule has 98 valence electrons. The van der Waals surface area contributed by atoms with E-state index in [1.165, 1.54) is 0 Å². The highest BCUT2D eigenvalue weighted by molar-refractivity contribution is 5.92. The predicted octanol–water partition coefficient (Wildman–Crippen LogP) is 2.18. The van der Waals surface area contributed by atoms with E-state index in [4.69, 9.17) is 5.73 Å². The van der Waals surface area contributed by atoms with Crippen LogP contribution in [-0.4, -0.2) is 18.0 Å². The molecule has 1 saturated carbocycles. The number of hydrogen-bond acceptors (Lipinski definition) is 3. The highest BCUT2D eigenvalue weighted by Crippen LogP contribution is 2.23. The number of hydrogen-bond donors (Lipinski definition) is 3. The van der Waals surface area contributed by atoms with E-state index < -0.39 is 0 Å². The van der Waals surface area contributed by atoms with Gasteiger partial charge in [0.15, 0.2) is 0 Å². The second-order valence-electron chi connectivity index (χ2n) is 5.29. The van der Waals surface area contributed by atoms with Gasteiger partial charge in [-0.05, 0) is 37.1 Å². The molecule has 0 heterocycles. The molecule has 0 unspecified atom stereocenters. The summed E-state index contributed by atoms with van der Waals surface area (Å²) in [5.74, 6) is 0.0416. The summed E-state index contributed by atoms with van der Waals surface area (Å²) in [5.41, 5.74) is 7.66. The van der Waals surface area contributed by atoms with Gasteiger partial charge in [-0.25, -0.2) is 0 Å². The molecule has 0 atom stereocenters. The molecule has 0 saturated heterocycles. The van der Waals surface area contributed by atoms with Crippen LogP contribution in [0.4, 0.5) is 11.4 Å². The molecule has 1 aliphatic carbocycles. The molecule has 0 aliphatic heterocycles. The van der Waals surface area contributed by atoms with Gasteiger partial charge < -0.3 is 16.4 Å². The maximum absolute atomic E-state index is 11.5. The Balaban J connectivity index is 1.87. The zero-order valence-electron chi connectivity index (χ0n) is 10.9. The van der Waals surface area contributed by atoms with Gasteiger partial charge in [0.2, 0.25) is 5.91 Å². The molecule has 18 heavy (non-hydrogen) atoms. The van der Waals surface area contributed by atoms with Crippen LogP contribution in [0.2, 0.25) is 0 Å². The summed E-state index contributed by atoms with van der Waals surface area (Å²) >= 11 is 0. The molecule has 1 aromatic rings. The second-order valence-corrected chi connectivity index (χ2v) is 5.29. The lowest BCUT2D eigenvalue weighted by Gasteiger charge is -2.33. The van der Waals surface area contributed by atoms with Crippen molar-refractivity contribution in [1.82, 2.24) is 0 Å². The zero-order chi connectivity index (χ0) is 13.1. The quantitative estimate of drug-likeness (QED) is 0.764. The minimum Gasteiger partial charge on any atom is -0.382 e. The van der Waals surface area contributed by atoms with Gasteiger partial charge in [-0.15, -0.1) is 0 Å². The van der Waals surface area contributed by atoms with Crippen molar-refractivity contribution < 1.29 is 4.79 Å². The molecule has 4 nitrogen and oxygen atoms in total. The van der Waals surface area contributed by atoms with Crippen molar-refractivity contribution in [2.24, 2.45) is 11.7 Å². The third-order valence-corrected chi connectivity index (χ3v) is 3.22. The number of anilines is 2. The van der Waals surface area contributed by atoms with Crippen molar-refractivity contribution in [1.29, 1.82) is 0 Å². The van der Waals surface area contributed by atoms with E-state index in [1.807, 2.05) is 38.1 Å². The number of amides is 1. The lowest BCUT2D eigenvalue weighted by atomic mass is 9.87. The van der Waals surface area contributed by atoms with Crippen LogP contribution in [0.1, 0.15) is 26.7 Å². The first-order valence-corrected chi connectivity index (χ1v) is 6.47. The lowest BCUT2D eigenvalue weighted by Crippen LogP contribution is -2.44. The van der Waals surface area contributed by atoms with Crippen LogP contribution in [-0.2, 0) is 4.79 Å². The highest BCUT2D eigenvalue weighted by Gasteiger charge is 2.25. The van der Waals surface area contributed by atoms with E-state index in [2.05, 4.69) is 10.6 Å². The first-order chi connectivity index (χ1) is 8.54.